The molecule has 7 heteroatoms. The van der Waals surface area contributed by atoms with Crippen LogP contribution in [0.25, 0.3) is 0 Å². The van der Waals surface area contributed by atoms with Gasteiger partial charge in [0, 0.05) is 5.69 Å². The minimum absolute atomic E-state index is 0.108. The lowest BCUT2D eigenvalue weighted by Gasteiger charge is -2.09. The Kier molecular flexibility index (Phi) is 6.64. The Bertz CT molecular complexity index is 922. The van der Waals surface area contributed by atoms with Crippen LogP contribution in [0.2, 0.25) is 0 Å². The maximum Gasteiger partial charge on any atom is 0.338 e. The summed E-state index contributed by atoms with van der Waals surface area (Å²) >= 11 is 1.35. The second-order valence-corrected chi connectivity index (χ2v) is 6.62. The first-order valence-corrected chi connectivity index (χ1v) is 9.42. The van der Waals surface area contributed by atoms with Crippen LogP contribution >= 0.6 is 11.3 Å². The van der Waals surface area contributed by atoms with Crippen molar-refractivity contribution >= 4 is 28.9 Å². The zero-order valence-electron chi connectivity index (χ0n) is 15.2. The highest BCUT2D eigenvalue weighted by molar-refractivity contribution is 7.12. The Morgan fingerprint density at radius 2 is 1.75 bits per heavy atom. The Labute approximate surface area is 166 Å². The van der Waals surface area contributed by atoms with Crippen LogP contribution in [-0.2, 0) is 4.74 Å². The number of amides is 1. The van der Waals surface area contributed by atoms with Gasteiger partial charge in [-0.1, -0.05) is 12.1 Å². The quantitative estimate of drug-likeness (QED) is 0.454. The van der Waals surface area contributed by atoms with Gasteiger partial charge in [-0.3, -0.25) is 4.79 Å². The van der Waals surface area contributed by atoms with Gasteiger partial charge in [-0.2, -0.15) is 0 Å². The number of carbonyl (C=O) groups is 2. The molecule has 0 bridgehead atoms. The molecular weight excluding hydrogens is 378 g/mol. The largest absolute Gasteiger partial charge is 0.497 e. The van der Waals surface area contributed by atoms with Gasteiger partial charge in [-0.15, -0.1) is 11.3 Å². The summed E-state index contributed by atoms with van der Waals surface area (Å²) in [5.41, 5.74) is 0.885. The number of esters is 1. The highest BCUT2D eigenvalue weighted by Gasteiger charge is 2.11. The van der Waals surface area contributed by atoms with Crippen LogP contribution in [0.3, 0.4) is 0 Å². The lowest BCUT2D eigenvalue weighted by Crippen LogP contribution is -2.13. The number of methoxy groups -OCH3 is 1. The highest BCUT2D eigenvalue weighted by atomic mass is 32.1. The molecular formula is C21H19NO5S. The van der Waals surface area contributed by atoms with Crippen molar-refractivity contribution in [2.24, 2.45) is 0 Å². The molecule has 0 spiro atoms. The fourth-order valence-corrected chi connectivity index (χ4v) is 2.99. The number of rotatable bonds is 8. The smallest absolute Gasteiger partial charge is 0.338 e. The fraction of sp³-hybridized carbons (Fsp3) is 0.143. The average molecular weight is 397 g/mol. The summed E-state index contributed by atoms with van der Waals surface area (Å²) in [5.74, 6) is 0.707. The molecule has 0 aliphatic carbocycles. The van der Waals surface area contributed by atoms with Crippen molar-refractivity contribution in [3.05, 3.63) is 76.5 Å². The number of nitrogens with one attached hydrogen (secondary N) is 1. The number of benzene rings is 2. The van der Waals surface area contributed by atoms with Crippen molar-refractivity contribution < 1.29 is 23.8 Å². The maximum atomic E-state index is 12.2. The zero-order chi connectivity index (χ0) is 19.8. The van der Waals surface area contributed by atoms with Gasteiger partial charge in [0.25, 0.3) is 5.91 Å². The first-order valence-electron chi connectivity index (χ1n) is 8.54. The van der Waals surface area contributed by atoms with Crippen molar-refractivity contribution in [1.82, 2.24) is 0 Å². The van der Waals surface area contributed by atoms with Crippen LogP contribution in [0.4, 0.5) is 5.69 Å². The maximum absolute atomic E-state index is 12.2. The van der Waals surface area contributed by atoms with E-state index < -0.39 is 5.97 Å². The van der Waals surface area contributed by atoms with E-state index >= 15 is 0 Å². The van der Waals surface area contributed by atoms with Crippen molar-refractivity contribution in [1.29, 1.82) is 0 Å². The summed E-state index contributed by atoms with van der Waals surface area (Å²) in [4.78, 5) is 24.9. The topological polar surface area (TPSA) is 73.9 Å². The van der Waals surface area contributed by atoms with E-state index in [2.05, 4.69) is 5.32 Å². The predicted molar refractivity (Wildman–Crippen MR) is 107 cm³/mol. The molecule has 3 aromatic rings. The molecule has 3 rings (SSSR count). The molecule has 1 aromatic heterocycles. The number of anilines is 1. The Morgan fingerprint density at radius 3 is 2.46 bits per heavy atom. The monoisotopic (exact) mass is 397 g/mol. The Hall–Kier alpha value is -3.32. The van der Waals surface area contributed by atoms with Gasteiger partial charge in [0.05, 0.1) is 17.6 Å². The standard InChI is InChI=1S/C21H19NO5S/c1-25-17-7-9-18(10-8-17)26-11-12-27-21(24)15-4-2-5-16(14-15)22-20(23)19-6-3-13-28-19/h2-10,13-14H,11-12H2,1H3,(H,22,23). The number of thiophene rings is 1. The average Bonchev–Trinajstić information content (AvgIpc) is 3.27. The summed E-state index contributed by atoms with van der Waals surface area (Å²) in [5, 5.41) is 4.60. The van der Waals surface area contributed by atoms with Crippen molar-refractivity contribution in [2.45, 2.75) is 0 Å². The molecule has 0 aliphatic rings. The molecule has 1 heterocycles. The molecule has 0 fully saturated rings. The molecule has 28 heavy (non-hydrogen) atoms. The lowest BCUT2D eigenvalue weighted by atomic mass is 10.2. The molecule has 6 nitrogen and oxygen atoms in total. The van der Waals surface area contributed by atoms with E-state index in [1.165, 1.54) is 11.3 Å². The van der Waals surface area contributed by atoms with Crippen LogP contribution in [0.5, 0.6) is 11.5 Å². The predicted octanol–water partition coefficient (Wildman–Crippen LogP) is 4.24. The molecule has 0 aliphatic heterocycles. The molecule has 0 radical (unpaired) electrons. The third-order valence-corrected chi connectivity index (χ3v) is 4.61. The number of hydrogen-bond acceptors (Lipinski definition) is 6. The van der Waals surface area contributed by atoms with Gasteiger partial charge in [0.2, 0.25) is 0 Å². The molecule has 0 unspecified atom stereocenters. The van der Waals surface area contributed by atoms with Gasteiger partial charge in [0.1, 0.15) is 24.7 Å². The van der Waals surface area contributed by atoms with Gasteiger partial charge < -0.3 is 19.5 Å². The first kappa shape index (κ1) is 19.4. The van der Waals surface area contributed by atoms with E-state index in [1.54, 1.807) is 67.8 Å². The van der Waals surface area contributed by atoms with Crippen LogP contribution in [0.15, 0.2) is 66.0 Å². The van der Waals surface area contributed by atoms with E-state index in [-0.39, 0.29) is 19.1 Å². The first-order chi connectivity index (χ1) is 13.7. The van der Waals surface area contributed by atoms with Crippen molar-refractivity contribution in [3.63, 3.8) is 0 Å². The summed E-state index contributed by atoms with van der Waals surface area (Å²) in [7, 11) is 1.60. The normalized spacial score (nSPS) is 10.2. The molecule has 0 saturated carbocycles. The SMILES string of the molecule is COc1ccc(OCCOC(=O)c2cccc(NC(=O)c3cccs3)c2)cc1. The van der Waals surface area contributed by atoms with Gasteiger partial charge in [-0.05, 0) is 53.9 Å². The third kappa shape index (κ3) is 5.34. The summed E-state index contributed by atoms with van der Waals surface area (Å²) in [6.45, 7) is 0.337. The van der Waals surface area contributed by atoms with E-state index in [0.29, 0.717) is 21.9 Å². The zero-order valence-corrected chi connectivity index (χ0v) is 16.0. The van der Waals surface area contributed by atoms with Gasteiger partial charge in [0.15, 0.2) is 0 Å². The number of ether oxygens (including phenoxy) is 3. The van der Waals surface area contributed by atoms with Crippen LogP contribution < -0.4 is 14.8 Å². The van der Waals surface area contributed by atoms with Crippen molar-refractivity contribution in [2.75, 3.05) is 25.6 Å². The van der Waals surface area contributed by atoms with E-state index in [4.69, 9.17) is 14.2 Å². The third-order valence-electron chi connectivity index (χ3n) is 3.75. The molecule has 0 saturated heterocycles. The number of carbonyl (C=O) groups excluding carboxylic acids is 2. The second kappa shape index (κ2) is 9.57. The second-order valence-electron chi connectivity index (χ2n) is 5.67. The van der Waals surface area contributed by atoms with Crippen LogP contribution in [0, 0.1) is 0 Å². The van der Waals surface area contributed by atoms with E-state index in [0.717, 1.165) is 5.75 Å². The lowest BCUT2D eigenvalue weighted by molar-refractivity contribution is 0.0450. The molecule has 0 atom stereocenters. The molecule has 2 aromatic carbocycles. The number of hydrogen-bond donors (Lipinski definition) is 1. The minimum atomic E-state index is -0.481. The van der Waals surface area contributed by atoms with E-state index in [1.807, 2.05) is 5.38 Å². The minimum Gasteiger partial charge on any atom is -0.497 e. The summed E-state index contributed by atoms with van der Waals surface area (Å²) in [6.07, 6.45) is 0. The van der Waals surface area contributed by atoms with Crippen molar-refractivity contribution in [3.8, 4) is 11.5 Å². The van der Waals surface area contributed by atoms with Gasteiger partial charge in [-0.25, -0.2) is 4.79 Å². The van der Waals surface area contributed by atoms with E-state index in [9.17, 15) is 9.59 Å². The highest BCUT2D eigenvalue weighted by Crippen LogP contribution is 2.17. The summed E-state index contributed by atoms with van der Waals surface area (Å²) < 4.78 is 15.8. The fourth-order valence-electron chi connectivity index (χ4n) is 2.37. The molecule has 144 valence electrons. The summed E-state index contributed by atoms with van der Waals surface area (Å²) in [6, 6.07) is 17.3. The molecule has 1 amide bonds. The Balaban J connectivity index is 1.48. The van der Waals surface area contributed by atoms with Crippen LogP contribution in [0.1, 0.15) is 20.0 Å². The molecule has 1 N–H and O–H groups in total. The Morgan fingerprint density at radius 1 is 0.964 bits per heavy atom. The van der Waals surface area contributed by atoms with Crippen LogP contribution in [-0.4, -0.2) is 32.2 Å². The van der Waals surface area contributed by atoms with Gasteiger partial charge >= 0.3 is 5.97 Å².